The molecule has 6 nitrogen and oxygen atoms in total. The van der Waals surface area contributed by atoms with E-state index in [4.69, 9.17) is 4.74 Å². The Bertz CT molecular complexity index is 1080. The Morgan fingerprint density at radius 1 is 0.844 bits per heavy atom. The van der Waals surface area contributed by atoms with Crippen molar-refractivity contribution in [1.29, 1.82) is 0 Å². The zero-order valence-corrected chi connectivity index (χ0v) is 17.9. The first kappa shape index (κ1) is 20.3. The monoisotopic (exact) mass is 431 g/mol. The summed E-state index contributed by atoms with van der Waals surface area (Å²) >= 11 is 0. The van der Waals surface area contributed by atoms with Crippen molar-refractivity contribution in [3.63, 3.8) is 0 Å². The molecule has 2 aliphatic heterocycles. The fourth-order valence-electron chi connectivity index (χ4n) is 4.01. The van der Waals surface area contributed by atoms with Crippen molar-refractivity contribution < 1.29 is 9.13 Å². The maximum Gasteiger partial charge on any atom is 0.194 e. The lowest BCUT2D eigenvalue weighted by atomic mass is 10.1. The van der Waals surface area contributed by atoms with Crippen LogP contribution in [0, 0.1) is 5.82 Å². The number of nitrogens with zero attached hydrogens (tertiary/aromatic N) is 4. The van der Waals surface area contributed by atoms with Crippen LogP contribution in [-0.2, 0) is 0 Å². The number of pyridine rings is 1. The van der Waals surface area contributed by atoms with Crippen LogP contribution in [0.1, 0.15) is 6.42 Å². The van der Waals surface area contributed by atoms with E-state index in [1.165, 1.54) is 17.8 Å². The first-order valence-corrected chi connectivity index (χ1v) is 11.0. The van der Waals surface area contributed by atoms with Crippen molar-refractivity contribution in [2.75, 3.05) is 44.2 Å². The van der Waals surface area contributed by atoms with E-state index in [1.807, 2.05) is 30.5 Å². The van der Waals surface area contributed by atoms with Crippen LogP contribution < -0.4 is 15.0 Å². The van der Waals surface area contributed by atoms with E-state index in [0.717, 1.165) is 62.9 Å². The number of aliphatic imine (C=N–C) groups is 1. The van der Waals surface area contributed by atoms with Gasteiger partial charge in [-0.05, 0) is 67.1 Å². The van der Waals surface area contributed by atoms with E-state index < -0.39 is 0 Å². The number of rotatable bonds is 4. The van der Waals surface area contributed by atoms with Gasteiger partial charge < -0.3 is 19.9 Å². The summed E-state index contributed by atoms with van der Waals surface area (Å²) in [7, 11) is 0. The molecule has 2 aliphatic rings. The van der Waals surface area contributed by atoms with Crippen LogP contribution in [-0.4, -0.2) is 55.1 Å². The van der Waals surface area contributed by atoms with Crippen molar-refractivity contribution in [2.45, 2.75) is 6.42 Å². The topological polar surface area (TPSA) is 53.0 Å². The molecule has 1 N–H and O–H groups in total. The van der Waals surface area contributed by atoms with Crippen LogP contribution in [0.5, 0.6) is 11.5 Å². The predicted octanol–water partition coefficient (Wildman–Crippen LogP) is 4.15. The first-order chi connectivity index (χ1) is 15.7. The second kappa shape index (κ2) is 9.26. The summed E-state index contributed by atoms with van der Waals surface area (Å²) in [5, 5.41) is 3.42. The summed E-state index contributed by atoms with van der Waals surface area (Å²) in [5.74, 6) is 2.08. The fraction of sp³-hybridized carbons (Fsp3) is 0.280. The lowest BCUT2D eigenvalue weighted by Gasteiger charge is -2.38. The van der Waals surface area contributed by atoms with Crippen LogP contribution in [0.25, 0.3) is 11.3 Å². The van der Waals surface area contributed by atoms with Gasteiger partial charge in [0, 0.05) is 56.7 Å². The van der Waals surface area contributed by atoms with Gasteiger partial charge in [-0.25, -0.2) is 4.39 Å². The quantitative estimate of drug-likeness (QED) is 0.673. The molecule has 1 saturated heterocycles. The third kappa shape index (κ3) is 4.66. The van der Waals surface area contributed by atoms with Crippen molar-refractivity contribution in [2.24, 2.45) is 4.99 Å². The van der Waals surface area contributed by atoms with Crippen LogP contribution >= 0.6 is 0 Å². The molecule has 0 radical (unpaired) electrons. The molecule has 0 unspecified atom stereocenters. The molecule has 1 aromatic heterocycles. The maximum atomic E-state index is 13.1. The van der Waals surface area contributed by atoms with Crippen molar-refractivity contribution in [3.05, 3.63) is 72.7 Å². The summed E-state index contributed by atoms with van der Waals surface area (Å²) in [6, 6.07) is 18.0. The smallest absolute Gasteiger partial charge is 0.194 e. The van der Waals surface area contributed by atoms with E-state index in [9.17, 15) is 4.39 Å². The van der Waals surface area contributed by atoms with Gasteiger partial charge in [0.15, 0.2) is 5.96 Å². The number of anilines is 1. The van der Waals surface area contributed by atoms with E-state index in [-0.39, 0.29) is 5.82 Å². The van der Waals surface area contributed by atoms with Crippen LogP contribution in [0.2, 0.25) is 0 Å². The highest BCUT2D eigenvalue weighted by Gasteiger charge is 2.21. The highest BCUT2D eigenvalue weighted by Crippen LogP contribution is 2.27. The van der Waals surface area contributed by atoms with Gasteiger partial charge in [0.1, 0.15) is 17.3 Å². The standard InChI is InChI=1S/C25H26FN5O/c26-20-4-8-23(9-5-20)32-22-6-2-19(3-7-22)24-18-21(10-13-27-24)30-14-16-31(17-15-30)25-28-11-1-12-29-25/h2-10,13,18H,1,11-12,14-17H2,(H,28,29). The van der Waals surface area contributed by atoms with Crippen molar-refractivity contribution >= 4 is 11.6 Å². The number of ether oxygens (including phenoxy) is 1. The van der Waals surface area contributed by atoms with Gasteiger partial charge in [-0.3, -0.25) is 9.98 Å². The SMILES string of the molecule is Fc1ccc(Oc2ccc(-c3cc(N4CCN(C5=NCCCN5)CC4)ccn3)cc2)cc1. The molecule has 0 atom stereocenters. The van der Waals surface area contributed by atoms with Gasteiger partial charge in [0.05, 0.1) is 5.69 Å². The lowest BCUT2D eigenvalue weighted by molar-refractivity contribution is 0.368. The van der Waals surface area contributed by atoms with Gasteiger partial charge in [0.2, 0.25) is 0 Å². The number of guanidine groups is 1. The Morgan fingerprint density at radius 3 is 2.22 bits per heavy atom. The molecule has 1 fully saturated rings. The second-order valence-corrected chi connectivity index (χ2v) is 7.94. The first-order valence-electron chi connectivity index (χ1n) is 11.0. The van der Waals surface area contributed by atoms with Gasteiger partial charge >= 0.3 is 0 Å². The summed E-state index contributed by atoms with van der Waals surface area (Å²) in [6.07, 6.45) is 2.98. The molecular weight excluding hydrogens is 405 g/mol. The van der Waals surface area contributed by atoms with Gasteiger partial charge in [0.25, 0.3) is 0 Å². The molecule has 3 heterocycles. The largest absolute Gasteiger partial charge is 0.457 e. The third-order valence-electron chi connectivity index (χ3n) is 5.77. The number of piperazine rings is 1. The third-order valence-corrected chi connectivity index (χ3v) is 5.77. The summed E-state index contributed by atoms with van der Waals surface area (Å²) in [5.41, 5.74) is 3.13. The summed E-state index contributed by atoms with van der Waals surface area (Å²) in [6.45, 7) is 5.76. The average Bonchev–Trinajstić information content (AvgIpc) is 2.87. The van der Waals surface area contributed by atoms with E-state index >= 15 is 0 Å². The van der Waals surface area contributed by atoms with E-state index in [2.05, 4.69) is 37.2 Å². The van der Waals surface area contributed by atoms with Crippen LogP contribution in [0.3, 0.4) is 0 Å². The molecule has 2 aromatic carbocycles. The number of benzene rings is 2. The average molecular weight is 432 g/mol. The lowest BCUT2D eigenvalue weighted by Crippen LogP contribution is -2.53. The second-order valence-electron chi connectivity index (χ2n) is 7.94. The molecule has 0 saturated carbocycles. The number of nitrogens with one attached hydrogen (secondary N) is 1. The van der Waals surface area contributed by atoms with Crippen LogP contribution in [0.15, 0.2) is 71.9 Å². The molecule has 164 valence electrons. The number of halogens is 1. The molecule has 5 rings (SSSR count). The Morgan fingerprint density at radius 2 is 1.53 bits per heavy atom. The molecular formula is C25H26FN5O. The zero-order chi connectivity index (χ0) is 21.8. The van der Waals surface area contributed by atoms with Crippen molar-refractivity contribution in [3.8, 4) is 22.8 Å². The van der Waals surface area contributed by atoms with Gasteiger partial charge in [-0.2, -0.15) is 0 Å². The highest BCUT2D eigenvalue weighted by atomic mass is 19.1. The normalized spacial score (nSPS) is 16.3. The number of aromatic nitrogens is 1. The Labute approximate surface area is 187 Å². The fourth-order valence-corrected chi connectivity index (χ4v) is 4.01. The molecule has 32 heavy (non-hydrogen) atoms. The molecule has 3 aromatic rings. The van der Waals surface area contributed by atoms with E-state index in [1.54, 1.807) is 12.1 Å². The molecule has 0 spiro atoms. The molecule has 0 aliphatic carbocycles. The Kier molecular flexibility index (Phi) is 5.87. The molecule has 0 bridgehead atoms. The molecule has 0 amide bonds. The minimum absolute atomic E-state index is 0.278. The van der Waals surface area contributed by atoms with Crippen molar-refractivity contribution in [1.82, 2.24) is 15.2 Å². The highest BCUT2D eigenvalue weighted by molar-refractivity contribution is 5.80. The summed E-state index contributed by atoms with van der Waals surface area (Å²) < 4.78 is 18.8. The Balaban J connectivity index is 1.24. The van der Waals surface area contributed by atoms with Crippen LogP contribution in [0.4, 0.5) is 10.1 Å². The maximum absolute atomic E-state index is 13.1. The number of hydrogen-bond donors (Lipinski definition) is 1. The number of hydrogen-bond acceptors (Lipinski definition) is 6. The zero-order valence-electron chi connectivity index (χ0n) is 17.9. The summed E-state index contributed by atoms with van der Waals surface area (Å²) in [4.78, 5) is 13.9. The van der Waals surface area contributed by atoms with E-state index in [0.29, 0.717) is 11.5 Å². The minimum atomic E-state index is -0.278. The van der Waals surface area contributed by atoms with Gasteiger partial charge in [-0.1, -0.05) is 0 Å². The van der Waals surface area contributed by atoms with Gasteiger partial charge in [-0.15, -0.1) is 0 Å². The Hall–Kier alpha value is -3.61. The minimum Gasteiger partial charge on any atom is -0.457 e. The molecule has 7 heteroatoms. The predicted molar refractivity (Wildman–Crippen MR) is 125 cm³/mol.